The third-order valence-electron chi connectivity index (χ3n) is 4.83. The Morgan fingerprint density at radius 2 is 1.52 bits per heavy atom. The summed E-state index contributed by atoms with van der Waals surface area (Å²) in [5, 5.41) is 19.3. The fraction of sp³-hybridized carbons (Fsp3) is 0.400. The molecule has 3 nitrogen and oxygen atoms in total. The summed E-state index contributed by atoms with van der Waals surface area (Å²) in [4.78, 5) is 2.23. The zero-order chi connectivity index (χ0) is 16.1. The van der Waals surface area contributed by atoms with E-state index in [1.54, 1.807) is 0 Å². The first-order valence-electron chi connectivity index (χ1n) is 8.41. The SMILES string of the molecule is OCC1CC(O)CN1CCC(c1ccccc1)c1ccccc1. The van der Waals surface area contributed by atoms with E-state index in [4.69, 9.17) is 0 Å². The lowest BCUT2D eigenvalue weighted by molar-refractivity contribution is 0.153. The van der Waals surface area contributed by atoms with Crippen molar-refractivity contribution in [2.75, 3.05) is 19.7 Å². The predicted molar refractivity (Wildman–Crippen MR) is 92.4 cm³/mol. The fourth-order valence-electron chi connectivity index (χ4n) is 3.61. The molecule has 1 heterocycles. The Balaban J connectivity index is 1.75. The topological polar surface area (TPSA) is 43.7 Å². The van der Waals surface area contributed by atoms with E-state index < -0.39 is 0 Å². The lowest BCUT2D eigenvalue weighted by atomic mass is 9.88. The molecule has 0 saturated carbocycles. The van der Waals surface area contributed by atoms with Gasteiger partial charge in [-0.3, -0.25) is 4.90 Å². The van der Waals surface area contributed by atoms with Gasteiger partial charge in [0.1, 0.15) is 0 Å². The van der Waals surface area contributed by atoms with Gasteiger partial charge in [0, 0.05) is 18.5 Å². The second-order valence-corrected chi connectivity index (χ2v) is 6.38. The van der Waals surface area contributed by atoms with Crippen LogP contribution >= 0.6 is 0 Å². The highest BCUT2D eigenvalue weighted by atomic mass is 16.3. The minimum Gasteiger partial charge on any atom is -0.395 e. The summed E-state index contributed by atoms with van der Waals surface area (Å²) in [6, 6.07) is 21.2. The standard InChI is InChI=1S/C20H25NO2/c22-15-18-13-19(23)14-21(18)12-11-20(16-7-3-1-4-8-16)17-9-5-2-6-10-17/h1-10,18-20,22-23H,11-15H2. The van der Waals surface area contributed by atoms with Crippen molar-refractivity contribution in [3.63, 3.8) is 0 Å². The van der Waals surface area contributed by atoms with Crippen molar-refractivity contribution in [3.05, 3.63) is 71.8 Å². The van der Waals surface area contributed by atoms with E-state index in [-0.39, 0.29) is 18.8 Å². The van der Waals surface area contributed by atoms with Crippen LogP contribution in [0.4, 0.5) is 0 Å². The van der Waals surface area contributed by atoms with Crippen molar-refractivity contribution < 1.29 is 10.2 Å². The Morgan fingerprint density at radius 3 is 2.04 bits per heavy atom. The average Bonchev–Trinajstić information content (AvgIpc) is 2.97. The van der Waals surface area contributed by atoms with Crippen LogP contribution in [-0.2, 0) is 0 Å². The molecule has 3 heteroatoms. The highest BCUT2D eigenvalue weighted by Crippen LogP contribution is 2.29. The molecule has 0 bridgehead atoms. The Kier molecular flexibility index (Phi) is 5.44. The van der Waals surface area contributed by atoms with Crippen LogP contribution in [0, 0.1) is 0 Å². The summed E-state index contributed by atoms with van der Waals surface area (Å²) >= 11 is 0. The van der Waals surface area contributed by atoms with Gasteiger partial charge >= 0.3 is 0 Å². The van der Waals surface area contributed by atoms with Crippen LogP contribution in [0.25, 0.3) is 0 Å². The summed E-state index contributed by atoms with van der Waals surface area (Å²) in [5.74, 6) is 0.342. The zero-order valence-electron chi connectivity index (χ0n) is 13.4. The molecule has 1 fully saturated rings. The molecule has 2 unspecified atom stereocenters. The predicted octanol–water partition coefficient (Wildman–Crippen LogP) is 2.64. The monoisotopic (exact) mass is 311 g/mol. The molecule has 0 aliphatic carbocycles. The van der Waals surface area contributed by atoms with Crippen molar-refractivity contribution in [2.24, 2.45) is 0 Å². The smallest absolute Gasteiger partial charge is 0.0683 e. The second kappa shape index (κ2) is 7.73. The van der Waals surface area contributed by atoms with Gasteiger partial charge in [0.15, 0.2) is 0 Å². The minimum atomic E-state index is -0.306. The minimum absolute atomic E-state index is 0.0946. The molecule has 2 N–H and O–H groups in total. The van der Waals surface area contributed by atoms with Gasteiger partial charge in [-0.25, -0.2) is 0 Å². The van der Waals surface area contributed by atoms with Crippen molar-refractivity contribution >= 4 is 0 Å². The van der Waals surface area contributed by atoms with E-state index >= 15 is 0 Å². The van der Waals surface area contributed by atoms with E-state index in [1.165, 1.54) is 11.1 Å². The largest absolute Gasteiger partial charge is 0.395 e. The Morgan fingerprint density at radius 1 is 0.957 bits per heavy atom. The number of aliphatic hydroxyl groups excluding tert-OH is 2. The molecule has 0 amide bonds. The van der Waals surface area contributed by atoms with Gasteiger partial charge in [0.25, 0.3) is 0 Å². The van der Waals surface area contributed by atoms with Crippen molar-refractivity contribution in [1.82, 2.24) is 4.90 Å². The molecule has 2 atom stereocenters. The van der Waals surface area contributed by atoms with Crippen LogP contribution in [0.3, 0.4) is 0 Å². The van der Waals surface area contributed by atoms with E-state index in [2.05, 4.69) is 53.4 Å². The van der Waals surface area contributed by atoms with Crippen LogP contribution in [0.1, 0.15) is 29.9 Å². The van der Waals surface area contributed by atoms with Crippen molar-refractivity contribution in [3.8, 4) is 0 Å². The summed E-state index contributed by atoms with van der Waals surface area (Å²) in [5.41, 5.74) is 2.64. The maximum absolute atomic E-state index is 9.85. The molecule has 0 radical (unpaired) electrons. The van der Waals surface area contributed by atoms with Gasteiger partial charge < -0.3 is 10.2 Å². The van der Waals surface area contributed by atoms with Gasteiger partial charge in [0.2, 0.25) is 0 Å². The van der Waals surface area contributed by atoms with Crippen molar-refractivity contribution in [2.45, 2.75) is 30.9 Å². The Bertz CT molecular complexity index is 548. The van der Waals surface area contributed by atoms with Gasteiger partial charge in [-0.15, -0.1) is 0 Å². The molecule has 2 aromatic rings. The van der Waals surface area contributed by atoms with Gasteiger partial charge in [-0.1, -0.05) is 60.7 Å². The maximum Gasteiger partial charge on any atom is 0.0683 e. The lowest BCUT2D eigenvalue weighted by Gasteiger charge is -2.26. The highest BCUT2D eigenvalue weighted by molar-refractivity contribution is 5.32. The molecule has 0 spiro atoms. The summed E-state index contributed by atoms with van der Waals surface area (Å²) in [6.45, 7) is 1.68. The number of rotatable bonds is 6. The molecule has 2 aromatic carbocycles. The number of likely N-dealkylation sites (tertiary alicyclic amines) is 1. The quantitative estimate of drug-likeness (QED) is 0.862. The Labute approximate surface area is 138 Å². The molecular formula is C20H25NO2. The molecule has 122 valence electrons. The van der Waals surface area contributed by atoms with E-state index in [0.717, 1.165) is 13.0 Å². The van der Waals surface area contributed by atoms with Gasteiger partial charge in [-0.2, -0.15) is 0 Å². The first-order chi connectivity index (χ1) is 11.3. The van der Waals surface area contributed by atoms with Crippen LogP contribution in [0.15, 0.2) is 60.7 Å². The van der Waals surface area contributed by atoms with Crippen molar-refractivity contribution in [1.29, 1.82) is 0 Å². The number of benzene rings is 2. The van der Waals surface area contributed by atoms with E-state index in [9.17, 15) is 10.2 Å². The maximum atomic E-state index is 9.85. The van der Waals surface area contributed by atoms with E-state index in [1.807, 2.05) is 12.1 Å². The first-order valence-corrected chi connectivity index (χ1v) is 8.41. The van der Waals surface area contributed by atoms with Crippen LogP contribution in [0.5, 0.6) is 0 Å². The first kappa shape index (κ1) is 16.2. The van der Waals surface area contributed by atoms with Crippen LogP contribution in [0.2, 0.25) is 0 Å². The molecule has 23 heavy (non-hydrogen) atoms. The number of aliphatic hydroxyl groups is 2. The summed E-state index contributed by atoms with van der Waals surface area (Å²) < 4.78 is 0. The van der Waals surface area contributed by atoms with Gasteiger partial charge in [-0.05, 0) is 30.5 Å². The number of hydrogen-bond acceptors (Lipinski definition) is 3. The summed E-state index contributed by atoms with van der Waals surface area (Å²) in [6.07, 6.45) is 1.36. The van der Waals surface area contributed by atoms with Gasteiger partial charge in [0.05, 0.1) is 12.7 Å². The second-order valence-electron chi connectivity index (χ2n) is 6.38. The lowest BCUT2D eigenvalue weighted by Crippen LogP contribution is -2.34. The fourth-order valence-corrected chi connectivity index (χ4v) is 3.61. The highest BCUT2D eigenvalue weighted by Gasteiger charge is 2.30. The van der Waals surface area contributed by atoms with E-state index in [0.29, 0.717) is 18.9 Å². The number of hydrogen-bond donors (Lipinski definition) is 2. The molecular weight excluding hydrogens is 286 g/mol. The normalized spacial score (nSPS) is 21.9. The van der Waals surface area contributed by atoms with Crippen LogP contribution in [-0.4, -0.2) is 47.0 Å². The molecule has 1 saturated heterocycles. The molecule has 3 rings (SSSR count). The molecule has 1 aliphatic rings. The third-order valence-corrected chi connectivity index (χ3v) is 4.83. The zero-order valence-corrected chi connectivity index (χ0v) is 13.4. The summed E-state index contributed by atoms with van der Waals surface area (Å²) in [7, 11) is 0. The Hall–Kier alpha value is -1.68. The average molecular weight is 311 g/mol. The number of β-amino-alcohol motifs (C(OH)–C–C–N with tert-alkyl or cyclic N) is 1. The van der Waals surface area contributed by atoms with Crippen LogP contribution < -0.4 is 0 Å². The molecule has 1 aliphatic heterocycles. The third kappa shape index (κ3) is 3.99. The molecule has 0 aromatic heterocycles. The number of nitrogens with zero attached hydrogens (tertiary/aromatic N) is 1.